The van der Waals surface area contributed by atoms with Gasteiger partial charge in [0.05, 0.1) is 18.9 Å². The molecule has 1 N–H and O–H groups in total. The van der Waals surface area contributed by atoms with Crippen LogP contribution in [0.25, 0.3) is 10.6 Å². The Morgan fingerprint density at radius 1 is 1.25 bits per heavy atom. The van der Waals surface area contributed by atoms with Gasteiger partial charge in [-0.15, -0.1) is 11.3 Å². The number of anilines is 2. The van der Waals surface area contributed by atoms with Crippen LogP contribution in [0.5, 0.6) is 0 Å². The first-order chi connectivity index (χ1) is 13.6. The van der Waals surface area contributed by atoms with Crippen LogP contribution < -0.4 is 10.2 Å². The summed E-state index contributed by atoms with van der Waals surface area (Å²) in [6.45, 7) is 2.92. The van der Waals surface area contributed by atoms with Crippen molar-refractivity contribution >= 4 is 40.4 Å². The topological polar surface area (TPSA) is 67.4 Å². The van der Waals surface area contributed by atoms with Crippen molar-refractivity contribution in [3.05, 3.63) is 58.4 Å². The molecule has 0 atom stereocenters. The molecule has 1 fully saturated rings. The lowest BCUT2D eigenvalue weighted by Crippen LogP contribution is -2.36. The van der Waals surface area contributed by atoms with Crippen molar-refractivity contribution < 1.29 is 13.9 Å². The van der Waals surface area contributed by atoms with Crippen molar-refractivity contribution in [3.8, 4) is 10.6 Å². The Hall–Kier alpha value is -2.55. The number of pyridine rings is 1. The molecule has 2 aromatic heterocycles. The van der Waals surface area contributed by atoms with Crippen molar-refractivity contribution in [2.24, 2.45) is 0 Å². The molecule has 28 heavy (non-hydrogen) atoms. The van der Waals surface area contributed by atoms with Gasteiger partial charge in [-0.3, -0.25) is 4.79 Å². The van der Waals surface area contributed by atoms with Crippen LogP contribution in [0.4, 0.5) is 15.9 Å². The summed E-state index contributed by atoms with van der Waals surface area (Å²) in [5.74, 6) is -0.225. The molecule has 0 spiro atoms. The number of hydrogen-bond acceptors (Lipinski definition) is 6. The fourth-order valence-electron chi connectivity index (χ4n) is 2.80. The van der Waals surface area contributed by atoms with Gasteiger partial charge in [0, 0.05) is 35.3 Å². The number of carbonyl (C=O) groups excluding carboxylic acids is 1. The Balaban J connectivity index is 1.51. The second kappa shape index (κ2) is 8.22. The molecule has 0 unspecified atom stereocenters. The van der Waals surface area contributed by atoms with E-state index in [1.165, 1.54) is 23.5 Å². The maximum Gasteiger partial charge on any atom is 0.275 e. The van der Waals surface area contributed by atoms with Gasteiger partial charge < -0.3 is 15.0 Å². The molecular formula is C19H16ClFN4O2S. The van der Waals surface area contributed by atoms with Crippen molar-refractivity contribution in [1.29, 1.82) is 0 Å². The molecular weight excluding hydrogens is 403 g/mol. The lowest BCUT2D eigenvalue weighted by atomic mass is 10.2. The number of morpholine rings is 1. The average molecular weight is 419 g/mol. The van der Waals surface area contributed by atoms with E-state index in [-0.39, 0.29) is 16.4 Å². The van der Waals surface area contributed by atoms with Crippen molar-refractivity contribution in [2.75, 3.05) is 36.5 Å². The van der Waals surface area contributed by atoms with Gasteiger partial charge in [-0.1, -0.05) is 11.6 Å². The van der Waals surface area contributed by atoms with Crippen LogP contribution in [0, 0.1) is 5.82 Å². The highest BCUT2D eigenvalue weighted by Gasteiger charge is 2.16. The van der Waals surface area contributed by atoms with Crippen LogP contribution in [0.3, 0.4) is 0 Å². The van der Waals surface area contributed by atoms with E-state index in [0.29, 0.717) is 18.2 Å². The monoisotopic (exact) mass is 418 g/mol. The molecule has 3 heterocycles. The van der Waals surface area contributed by atoms with E-state index >= 15 is 0 Å². The summed E-state index contributed by atoms with van der Waals surface area (Å²) in [7, 11) is 0. The van der Waals surface area contributed by atoms with Gasteiger partial charge >= 0.3 is 0 Å². The Morgan fingerprint density at radius 2 is 2.07 bits per heavy atom. The minimum atomic E-state index is -0.597. The predicted molar refractivity (Wildman–Crippen MR) is 108 cm³/mol. The minimum Gasteiger partial charge on any atom is -0.378 e. The van der Waals surface area contributed by atoms with Gasteiger partial charge in [-0.25, -0.2) is 14.4 Å². The van der Waals surface area contributed by atoms with E-state index < -0.39 is 11.7 Å². The van der Waals surface area contributed by atoms with Crippen LogP contribution in [0.1, 0.15) is 10.5 Å². The number of amides is 1. The zero-order chi connectivity index (χ0) is 19.5. The summed E-state index contributed by atoms with van der Waals surface area (Å²) in [4.78, 5) is 23.4. The fourth-order valence-corrected chi connectivity index (χ4v) is 3.76. The number of nitrogens with zero attached hydrogens (tertiary/aromatic N) is 3. The normalized spacial score (nSPS) is 14.1. The summed E-state index contributed by atoms with van der Waals surface area (Å²) in [5, 5.41) is 5.12. The summed E-state index contributed by atoms with van der Waals surface area (Å²) in [6.07, 6.45) is 1.73. The number of nitrogens with one attached hydrogen (secondary N) is 1. The molecule has 0 radical (unpaired) electrons. The van der Waals surface area contributed by atoms with E-state index in [4.69, 9.17) is 16.3 Å². The Bertz CT molecular complexity index is 1010. The average Bonchev–Trinajstić information content (AvgIpc) is 3.21. The number of carbonyl (C=O) groups is 1. The second-order valence-corrected chi connectivity index (χ2v) is 7.41. The molecule has 0 saturated carbocycles. The maximum absolute atomic E-state index is 13.9. The maximum atomic E-state index is 13.9. The number of rotatable bonds is 4. The van der Waals surface area contributed by atoms with Gasteiger partial charge in [0.25, 0.3) is 5.91 Å². The molecule has 3 aromatic rings. The lowest BCUT2D eigenvalue weighted by molar-refractivity contribution is 0.102. The highest BCUT2D eigenvalue weighted by Crippen LogP contribution is 2.27. The summed E-state index contributed by atoms with van der Waals surface area (Å²) >= 11 is 7.08. The highest BCUT2D eigenvalue weighted by atomic mass is 35.5. The molecule has 6 nitrogen and oxygen atoms in total. The van der Waals surface area contributed by atoms with Gasteiger partial charge in [-0.05, 0) is 30.3 Å². The van der Waals surface area contributed by atoms with Crippen molar-refractivity contribution in [2.45, 2.75) is 0 Å². The van der Waals surface area contributed by atoms with Crippen LogP contribution in [-0.2, 0) is 4.74 Å². The third-order valence-electron chi connectivity index (χ3n) is 4.24. The van der Waals surface area contributed by atoms with E-state index in [2.05, 4.69) is 20.2 Å². The molecule has 144 valence electrons. The Labute approximate surface area is 169 Å². The van der Waals surface area contributed by atoms with Crippen LogP contribution in [-0.4, -0.2) is 42.2 Å². The standard InChI is InChI=1S/C19H16ClFN4O2S/c20-13-1-2-15(14(21)10-13)23-18(26)16-11-28-19(24-16)12-3-4-22-17(9-12)25-5-7-27-8-6-25/h1-4,9-11H,5-8H2,(H,23,26). The molecule has 0 bridgehead atoms. The Morgan fingerprint density at radius 3 is 2.86 bits per heavy atom. The number of benzene rings is 1. The second-order valence-electron chi connectivity index (χ2n) is 6.12. The third kappa shape index (κ3) is 4.14. The molecule has 1 aliphatic rings. The van der Waals surface area contributed by atoms with Gasteiger partial charge in [0.1, 0.15) is 22.3 Å². The molecule has 9 heteroatoms. The van der Waals surface area contributed by atoms with E-state index in [1.54, 1.807) is 11.6 Å². The van der Waals surface area contributed by atoms with E-state index in [1.807, 2.05) is 12.1 Å². The zero-order valence-electron chi connectivity index (χ0n) is 14.7. The van der Waals surface area contributed by atoms with Gasteiger partial charge in [0.2, 0.25) is 0 Å². The molecule has 1 aliphatic heterocycles. The largest absolute Gasteiger partial charge is 0.378 e. The quantitative estimate of drug-likeness (QED) is 0.691. The lowest BCUT2D eigenvalue weighted by Gasteiger charge is -2.27. The van der Waals surface area contributed by atoms with E-state index in [9.17, 15) is 9.18 Å². The number of aromatic nitrogens is 2. The van der Waals surface area contributed by atoms with Crippen LogP contribution in [0.15, 0.2) is 41.9 Å². The number of ether oxygens (including phenoxy) is 1. The number of hydrogen-bond donors (Lipinski definition) is 1. The minimum absolute atomic E-state index is 0.0578. The van der Waals surface area contributed by atoms with Crippen molar-refractivity contribution in [3.63, 3.8) is 0 Å². The number of halogens is 2. The predicted octanol–water partition coefficient (Wildman–Crippen LogP) is 4.09. The van der Waals surface area contributed by atoms with E-state index in [0.717, 1.165) is 30.5 Å². The van der Waals surface area contributed by atoms with Crippen LogP contribution in [0.2, 0.25) is 5.02 Å². The molecule has 1 aromatic carbocycles. The molecule has 4 rings (SSSR count). The Kier molecular flexibility index (Phi) is 5.52. The molecule has 1 amide bonds. The first kappa shape index (κ1) is 18.8. The third-order valence-corrected chi connectivity index (χ3v) is 5.37. The number of thiazole rings is 1. The van der Waals surface area contributed by atoms with Crippen molar-refractivity contribution in [1.82, 2.24) is 9.97 Å². The highest BCUT2D eigenvalue weighted by molar-refractivity contribution is 7.13. The van der Waals surface area contributed by atoms with Gasteiger partial charge in [0.15, 0.2) is 0 Å². The zero-order valence-corrected chi connectivity index (χ0v) is 16.3. The summed E-state index contributed by atoms with van der Waals surface area (Å²) in [5.41, 5.74) is 1.15. The first-order valence-electron chi connectivity index (χ1n) is 8.61. The first-order valence-corrected chi connectivity index (χ1v) is 9.87. The summed E-state index contributed by atoms with van der Waals surface area (Å²) in [6, 6.07) is 7.87. The summed E-state index contributed by atoms with van der Waals surface area (Å²) < 4.78 is 19.3. The molecule has 0 aliphatic carbocycles. The van der Waals surface area contributed by atoms with Gasteiger partial charge in [-0.2, -0.15) is 0 Å². The SMILES string of the molecule is O=C(Nc1ccc(Cl)cc1F)c1csc(-c2ccnc(N3CCOCC3)c2)n1. The smallest absolute Gasteiger partial charge is 0.275 e. The van der Waals surface area contributed by atoms with Crippen LogP contribution >= 0.6 is 22.9 Å². The fraction of sp³-hybridized carbons (Fsp3) is 0.211. The molecule has 1 saturated heterocycles.